The summed E-state index contributed by atoms with van der Waals surface area (Å²) in [6.07, 6.45) is 2.02. The number of hydrogen-bond donors (Lipinski definition) is 1. The van der Waals surface area contributed by atoms with Gasteiger partial charge in [-0.25, -0.2) is 0 Å². The summed E-state index contributed by atoms with van der Waals surface area (Å²) < 4.78 is 10.9. The third-order valence-electron chi connectivity index (χ3n) is 4.09. The molecule has 0 saturated carbocycles. The Balaban J connectivity index is 0.00000288. The Morgan fingerprint density at radius 2 is 2.21 bits per heavy atom. The van der Waals surface area contributed by atoms with E-state index in [4.69, 9.17) is 14.5 Å². The van der Waals surface area contributed by atoms with E-state index in [1.807, 2.05) is 18.2 Å². The van der Waals surface area contributed by atoms with Crippen LogP contribution in [0.25, 0.3) is 0 Å². The third-order valence-corrected chi connectivity index (χ3v) is 4.09. The quantitative estimate of drug-likeness (QED) is 0.397. The number of rotatable bonds is 7. The van der Waals surface area contributed by atoms with Crippen molar-refractivity contribution in [1.82, 2.24) is 10.2 Å². The topological polar surface area (TPSA) is 46.1 Å². The number of ether oxygens (including phenoxy) is 2. The summed E-state index contributed by atoms with van der Waals surface area (Å²) >= 11 is 0. The Morgan fingerprint density at radius 3 is 2.88 bits per heavy atom. The first-order valence-electron chi connectivity index (χ1n) is 8.43. The molecule has 2 rings (SSSR count). The molecule has 1 saturated heterocycles. The van der Waals surface area contributed by atoms with Crippen molar-refractivity contribution < 1.29 is 9.47 Å². The molecule has 1 aromatic rings. The molecular weight excluding hydrogens is 417 g/mol. The van der Waals surface area contributed by atoms with Gasteiger partial charge in [0.05, 0.1) is 13.7 Å². The number of guanidine groups is 1. The van der Waals surface area contributed by atoms with Crippen LogP contribution in [0.5, 0.6) is 5.75 Å². The number of halogens is 1. The minimum absolute atomic E-state index is 0. The fraction of sp³-hybridized carbons (Fsp3) is 0.611. The van der Waals surface area contributed by atoms with Gasteiger partial charge in [0.2, 0.25) is 0 Å². The summed E-state index contributed by atoms with van der Waals surface area (Å²) in [5.74, 6) is 2.51. The van der Waals surface area contributed by atoms with E-state index in [1.165, 1.54) is 5.56 Å². The number of nitrogens with zero attached hydrogens (tertiary/aromatic N) is 2. The number of methoxy groups -OCH3 is 1. The van der Waals surface area contributed by atoms with Crippen LogP contribution in [-0.2, 0) is 11.2 Å². The van der Waals surface area contributed by atoms with E-state index in [9.17, 15) is 0 Å². The molecular formula is C18H30IN3O2. The van der Waals surface area contributed by atoms with E-state index in [1.54, 1.807) is 7.11 Å². The highest BCUT2D eigenvalue weighted by Gasteiger charge is 2.19. The standard InChI is InChI=1S/C18H29N3O2.HI/c1-4-19-18(21(2)13-15-10-12-23-14-15)20-11-9-16-7-5-6-8-17(16)22-3;/h5-8,15H,4,9-14H2,1-3H3,(H,19,20);1H. The number of nitrogens with one attached hydrogen (secondary N) is 1. The van der Waals surface area contributed by atoms with Crippen molar-refractivity contribution in [2.75, 3.05) is 47.0 Å². The van der Waals surface area contributed by atoms with Gasteiger partial charge in [0.15, 0.2) is 5.96 Å². The van der Waals surface area contributed by atoms with Gasteiger partial charge < -0.3 is 19.7 Å². The highest BCUT2D eigenvalue weighted by atomic mass is 127. The first-order chi connectivity index (χ1) is 11.2. The summed E-state index contributed by atoms with van der Waals surface area (Å²) in [6, 6.07) is 8.13. The van der Waals surface area contributed by atoms with Crippen LogP contribution in [0.3, 0.4) is 0 Å². The maximum Gasteiger partial charge on any atom is 0.193 e. The average Bonchev–Trinajstić information content (AvgIpc) is 3.07. The molecule has 1 heterocycles. The van der Waals surface area contributed by atoms with Crippen LogP contribution in [0.1, 0.15) is 18.9 Å². The predicted octanol–water partition coefficient (Wildman–Crippen LogP) is 2.79. The summed E-state index contributed by atoms with van der Waals surface area (Å²) in [5.41, 5.74) is 1.20. The summed E-state index contributed by atoms with van der Waals surface area (Å²) in [6.45, 7) is 6.46. The highest BCUT2D eigenvalue weighted by Crippen LogP contribution is 2.17. The molecule has 0 radical (unpaired) electrons. The van der Waals surface area contributed by atoms with Crippen molar-refractivity contribution in [2.45, 2.75) is 19.8 Å². The van der Waals surface area contributed by atoms with Gasteiger partial charge in [-0.05, 0) is 31.4 Å². The lowest BCUT2D eigenvalue weighted by molar-refractivity contribution is 0.181. The first-order valence-corrected chi connectivity index (χ1v) is 8.43. The molecule has 1 aromatic carbocycles. The largest absolute Gasteiger partial charge is 0.496 e. The highest BCUT2D eigenvalue weighted by molar-refractivity contribution is 14.0. The van der Waals surface area contributed by atoms with Crippen LogP contribution in [0.4, 0.5) is 0 Å². The zero-order valence-electron chi connectivity index (χ0n) is 15.0. The van der Waals surface area contributed by atoms with Crippen molar-refractivity contribution in [1.29, 1.82) is 0 Å². The molecule has 1 N–H and O–H groups in total. The molecule has 0 spiro atoms. The molecule has 1 atom stereocenters. The molecule has 5 nitrogen and oxygen atoms in total. The smallest absolute Gasteiger partial charge is 0.193 e. The average molecular weight is 447 g/mol. The van der Waals surface area contributed by atoms with Crippen LogP contribution in [0, 0.1) is 5.92 Å². The van der Waals surface area contributed by atoms with Gasteiger partial charge in [0.25, 0.3) is 0 Å². The molecule has 24 heavy (non-hydrogen) atoms. The molecule has 1 fully saturated rings. The Morgan fingerprint density at radius 1 is 1.42 bits per heavy atom. The van der Waals surface area contributed by atoms with E-state index in [2.05, 4.69) is 30.3 Å². The van der Waals surface area contributed by atoms with Crippen molar-refractivity contribution in [2.24, 2.45) is 10.9 Å². The van der Waals surface area contributed by atoms with Gasteiger partial charge in [-0.3, -0.25) is 4.99 Å². The molecule has 1 aliphatic heterocycles. The van der Waals surface area contributed by atoms with Gasteiger partial charge in [0.1, 0.15) is 5.75 Å². The van der Waals surface area contributed by atoms with Crippen LogP contribution < -0.4 is 10.1 Å². The fourth-order valence-corrected chi connectivity index (χ4v) is 2.86. The number of para-hydroxylation sites is 1. The zero-order chi connectivity index (χ0) is 16.5. The van der Waals surface area contributed by atoms with E-state index in [0.29, 0.717) is 5.92 Å². The third kappa shape index (κ3) is 6.47. The predicted molar refractivity (Wildman–Crippen MR) is 110 cm³/mol. The second-order valence-corrected chi connectivity index (χ2v) is 5.91. The van der Waals surface area contributed by atoms with Crippen LogP contribution in [-0.4, -0.2) is 57.9 Å². The van der Waals surface area contributed by atoms with Crippen LogP contribution >= 0.6 is 24.0 Å². The summed E-state index contributed by atoms with van der Waals surface area (Å²) in [4.78, 5) is 6.97. The lowest BCUT2D eigenvalue weighted by atomic mass is 10.1. The van der Waals surface area contributed by atoms with E-state index >= 15 is 0 Å². The van der Waals surface area contributed by atoms with E-state index < -0.39 is 0 Å². The Kier molecular flexibility index (Phi) is 10.1. The summed E-state index contributed by atoms with van der Waals surface area (Å²) in [5, 5.41) is 3.38. The Hall–Kier alpha value is -1.02. The van der Waals surface area contributed by atoms with Gasteiger partial charge >= 0.3 is 0 Å². The number of benzene rings is 1. The van der Waals surface area contributed by atoms with Gasteiger partial charge in [-0.2, -0.15) is 0 Å². The normalized spacial score (nSPS) is 17.3. The molecule has 136 valence electrons. The number of aliphatic imine (C=N–C) groups is 1. The zero-order valence-corrected chi connectivity index (χ0v) is 17.3. The van der Waals surface area contributed by atoms with Gasteiger partial charge in [-0.1, -0.05) is 18.2 Å². The monoisotopic (exact) mass is 447 g/mol. The van der Waals surface area contributed by atoms with E-state index in [0.717, 1.165) is 57.4 Å². The van der Waals surface area contributed by atoms with E-state index in [-0.39, 0.29) is 24.0 Å². The van der Waals surface area contributed by atoms with Crippen molar-refractivity contribution >= 4 is 29.9 Å². The van der Waals surface area contributed by atoms with Crippen molar-refractivity contribution in [3.05, 3.63) is 29.8 Å². The second-order valence-electron chi connectivity index (χ2n) is 5.91. The molecule has 1 unspecified atom stereocenters. The fourth-order valence-electron chi connectivity index (χ4n) is 2.86. The maximum atomic E-state index is 5.46. The molecule has 0 bridgehead atoms. The van der Waals surface area contributed by atoms with Crippen molar-refractivity contribution in [3.8, 4) is 5.75 Å². The van der Waals surface area contributed by atoms with Crippen LogP contribution in [0.2, 0.25) is 0 Å². The van der Waals surface area contributed by atoms with Crippen LogP contribution in [0.15, 0.2) is 29.3 Å². The van der Waals surface area contributed by atoms with Gasteiger partial charge in [-0.15, -0.1) is 24.0 Å². The SMILES string of the molecule is CCNC(=NCCc1ccccc1OC)N(C)CC1CCOC1.I. The molecule has 0 aliphatic carbocycles. The van der Waals surface area contributed by atoms with Gasteiger partial charge in [0, 0.05) is 39.2 Å². The second kappa shape index (κ2) is 11.5. The Bertz CT molecular complexity index is 505. The van der Waals surface area contributed by atoms with Crippen molar-refractivity contribution in [3.63, 3.8) is 0 Å². The lowest BCUT2D eigenvalue weighted by Crippen LogP contribution is -2.41. The lowest BCUT2D eigenvalue weighted by Gasteiger charge is -2.24. The molecule has 0 amide bonds. The molecule has 0 aromatic heterocycles. The minimum atomic E-state index is 0. The Labute approximate surface area is 162 Å². The molecule has 1 aliphatic rings. The summed E-state index contributed by atoms with van der Waals surface area (Å²) in [7, 11) is 3.81. The molecule has 6 heteroatoms. The number of hydrogen-bond acceptors (Lipinski definition) is 3. The maximum absolute atomic E-state index is 5.46. The first kappa shape index (κ1) is 21.0. The minimum Gasteiger partial charge on any atom is -0.496 e.